The van der Waals surface area contributed by atoms with Crippen LogP contribution < -0.4 is 0 Å². The van der Waals surface area contributed by atoms with Gasteiger partial charge in [0.2, 0.25) is 0 Å². The second kappa shape index (κ2) is 12.4. The van der Waals surface area contributed by atoms with Gasteiger partial charge in [0.15, 0.2) is 0 Å². The predicted molar refractivity (Wildman–Crippen MR) is 89.4 cm³/mol. The van der Waals surface area contributed by atoms with E-state index < -0.39 is 0 Å². The van der Waals surface area contributed by atoms with Gasteiger partial charge in [-0.15, -0.1) is 0 Å². The van der Waals surface area contributed by atoms with Gasteiger partial charge in [0.05, 0.1) is 5.92 Å². The molecule has 0 spiro atoms. The average Bonchev–Trinajstić information content (AvgIpc) is 2.50. The minimum absolute atomic E-state index is 0.234. The van der Waals surface area contributed by atoms with Gasteiger partial charge in [0.25, 0.3) is 0 Å². The zero-order chi connectivity index (χ0) is 16.0. The smallest absolute Gasteiger partial charge is 0.320 e. The van der Waals surface area contributed by atoms with Gasteiger partial charge >= 0.3 is 11.9 Å². The fraction of sp³-hybridized carbons (Fsp3) is 0.789. The molecule has 22 heavy (non-hydrogen) atoms. The molecule has 1 aliphatic heterocycles. The van der Waals surface area contributed by atoms with E-state index in [1.165, 1.54) is 38.5 Å². The van der Waals surface area contributed by atoms with Crippen molar-refractivity contribution in [1.29, 1.82) is 0 Å². The van der Waals surface area contributed by atoms with E-state index >= 15 is 0 Å². The van der Waals surface area contributed by atoms with Crippen molar-refractivity contribution >= 4 is 11.9 Å². The second-order valence-electron chi connectivity index (χ2n) is 6.34. The van der Waals surface area contributed by atoms with E-state index in [1.54, 1.807) is 0 Å². The van der Waals surface area contributed by atoms with Crippen molar-refractivity contribution in [3.63, 3.8) is 0 Å². The molecule has 1 heterocycles. The first-order chi connectivity index (χ1) is 10.7. The highest BCUT2D eigenvalue weighted by Gasteiger charge is 2.20. The van der Waals surface area contributed by atoms with E-state index in [9.17, 15) is 9.59 Å². The van der Waals surface area contributed by atoms with E-state index in [0.717, 1.165) is 38.5 Å². The Labute approximate surface area is 135 Å². The number of ether oxygens (including phenoxy) is 1. The Hall–Kier alpha value is -1.12. The molecular formula is C19H32O3. The van der Waals surface area contributed by atoms with Gasteiger partial charge in [-0.05, 0) is 25.7 Å². The minimum Gasteiger partial charge on any atom is -0.393 e. The molecule has 1 rings (SSSR count). The number of cyclic esters (lactones) is 2. The molecule has 1 saturated heterocycles. The lowest BCUT2D eigenvalue weighted by atomic mass is 9.98. The van der Waals surface area contributed by atoms with Gasteiger partial charge in [-0.25, -0.2) is 0 Å². The van der Waals surface area contributed by atoms with Crippen LogP contribution in [0.4, 0.5) is 0 Å². The van der Waals surface area contributed by atoms with Crippen molar-refractivity contribution in [2.75, 3.05) is 0 Å². The summed E-state index contributed by atoms with van der Waals surface area (Å²) in [4.78, 5) is 23.5. The molecule has 0 aromatic carbocycles. The molecule has 0 aliphatic carbocycles. The number of carbonyl (C=O) groups is 2. The Morgan fingerprint density at radius 3 is 2.55 bits per heavy atom. The van der Waals surface area contributed by atoms with Gasteiger partial charge in [-0.3, -0.25) is 9.59 Å². The Balaban J connectivity index is 2.28. The molecule has 1 aliphatic rings. The number of hydrogen-bond acceptors (Lipinski definition) is 3. The molecular weight excluding hydrogens is 276 g/mol. The first kappa shape index (κ1) is 18.9. The Morgan fingerprint density at radius 1 is 1.00 bits per heavy atom. The summed E-state index contributed by atoms with van der Waals surface area (Å²) >= 11 is 0. The van der Waals surface area contributed by atoms with Crippen molar-refractivity contribution < 1.29 is 14.3 Å². The summed E-state index contributed by atoms with van der Waals surface area (Å²) in [6, 6.07) is 0. The Bertz CT molecular complexity index is 347. The molecule has 0 bridgehead atoms. The van der Waals surface area contributed by atoms with Crippen LogP contribution in [-0.4, -0.2) is 11.9 Å². The first-order valence-electron chi connectivity index (χ1n) is 9.15. The molecule has 1 fully saturated rings. The number of allylic oxidation sites excluding steroid dienone is 1. The van der Waals surface area contributed by atoms with Gasteiger partial charge in [-0.2, -0.15) is 0 Å². The summed E-state index contributed by atoms with van der Waals surface area (Å²) in [5, 5.41) is 0. The normalized spacial score (nSPS) is 21.0. The van der Waals surface area contributed by atoms with Crippen LogP contribution in [0.5, 0.6) is 0 Å². The minimum atomic E-state index is -0.360. The third kappa shape index (κ3) is 9.01. The maximum Gasteiger partial charge on any atom is 0.320 e. The molecule has 0 N–H and O–H groups in total. The summed E-state index contributed by atoms with van der Waals surface area (Å²) in [5.41, 5.74) is 0. The molecule has 0 aromatic rings. The molecule has 3 nitrogen and oxygen atoms in total. The van der Waals surface area contributed by atoms with Gasteiger partial charge < -0.3 is 4.74 Å². The summed E-state index contributed by atoms with van der Waals surface area (Å²) in [7, 11) is 0. The van der Waals surface area contributed by atoms with Crippen LogP contribution in [0.25, 0.3) is 0 Å². The lowest BCUT2D eigenvalue weighted by molar-refractivity contribution is -0.162. The molecule has 126 valence electrons. The third-order valence-electron chi connectivity index (χ3n) is 4.26. The molecule has 0 saturated carbocycles. The molecule has 0 aromatic heterocycles. The van der Waals surface area contributed by atoms with Crippen molar-refractivity contribution in [3.05, 3.63) is 12.2 Å². The molecule has 0 radical (unpaired) electrons. The highest BCUT2D eigenvalue weighted by Crippen LogP contribution is 2.18. The molecule has 0 amide bonds. The van der Waals surface area contributed by atoms with Gasteiger partial charge in [0, 0.05) is 6.42 Å². The zero-order valence-corrected chi connectivity index (χ0v) is 14.1. The number of hydrogen-bond donors (Lipinski definition) is 0. The first-order valence-corrected chi connectivity index (χ1v) is 9.15. The van der Waals surface area contributed by atoms with E-state index in [4.69, 9.17) is 4.74 Å². The lowest BCUT2D eigenvalue weighted by Gasteiger charge is -2.13. The number of carbonyl (C=O) groups excluding carboxylic acids is 2. The summed E-state index contributed by atoms with van der Waals surface area (Å²) < 4.78 is 4.93. The van der Waals surface area contributed by atoms with Gasteiger partial charge in [0.1, 0.15) is 0 Å². The van der Waals surface area contributed by atoms with E-state index in [-0.39, 0.29) is 17.9 Å². The quantitative estimate of drug-likeness (QED) is 0.263. The van der Waals surface area contributed by atoms with Crippen molar-refractivity contribution in [2.24, 2.45) is 5.92 Å². The fourth-order valence-electron chi connectivity index (χ4n) is 2.82. The topological polar surface area (TPSA) is 43.4 Å². The maximum absolute atomic E-state index is 12.0. The number of esters is 2. The molecule has 1 atom stereocenters. The van der Waals surface area contributed by atoms with Crippen LogP contribution in [-0.2, 0) is 14.3 Å². The predicted octanol–water partition coefficient (Wildman–Crippen LogP) is 5.33. The Kier molecular flexibility index (Phi) is 10.7. The molecule has 3 heteroatoms. The van der Waals surface area contributed by atoms with Crippen molar-refractivity contribution in [1.82, 2.24) is 0 Å². The zero-order valence-electron chi connectivity index (χ0n) is 14.1. The number of unbranched alkanes of at least 4 members (excludes halogenated alkanes) is 6. The van der Waals surface area contributed by atoms with E-state index in [1.807, 2.05) is 6.08 Å². The second-order valence-corrected chi connectivity index (χ2v) is 6.34. The van der Waals surface area contributed by atoms with Gasteiger partial charge in [-0.1, -0.05) is 70.4 Å². The van der Waals surface area contributed by atoms with Crippen LogP contribution in [0.3, 0.4) is 0 Å². The van der Waals surface area contributed by atoms with Crippen LogP contribution in [0.15, 0.2) is 12.2 Å². The largest absolute Gasteiger partial charge is 0.393 e. The van der Waals surface area contributed by atoms with E-state index in [2.05, 4.69) is 13.0 Å². The standard InChI is InChI=1S/C19H32O3/c1-2-3-4-5-6-7-8-11-14-17-15-12-9-10-13-16-18(20)22-19(17)21/h11,14,17H,2-10,12-13,15-16H2,1H3/b14-11-. The highest BCUT2D eigenvalue weighted by molar-refractivity contribution is 5.87. The highest BCUT2D eigenvalue weighted by atomic mass is 16.6. The lowest BCUT2D eigenvalue weighted by Crippen LogP contribution is -2.20. The van der Waals surface area contributed by atoms with Crippen LogP contribution in [0.2, 0.25) is 0 Å². The van der Waals surface area contributed by atoms with E-state index in [0.29, 0.717) is 6.42 Å². The monoisotopic (exact) mass is 308 g/mol. The van der Waals surface area contributed by atoms with Crippen LogP contribution in [0, 0.1) is 5.92 Å². The van der Waals surface area contributed by atoms with Crippen LogP contribution >= 0.6 is 0 Å². The SMILES string of the molecule is CCCCCCCC/C=C\C1CCCCCCC(=O)OC1=O. The van der Waals surface area contributed by atoms with Crippen LogP contribution in [0.1, 0.15) is 90.4 Å². The van der Waals surface area contributed by atoms with Crippen molar-refractivity contribution in [3.8, 4) is 0 Å². The Morgan fingerprint density at radius 2 is 1.73 bits per heavy atom. The van der Waals surface area contributed by atoms with Crippen molar-refractivity contribution in [2.45, 2.75) is 90.4 Å². The third-order valence-corrected chi connectivity index (χ3v) is 4.26. The number of rotatable bonds is 8. The summed E-state index contributed by atoms with van der Waals surface area (Å²) in [5.74, 6) is -0.950. The fourth-order valence-corrected chi connectivity index (χ4v) is 2.82. The summed E-state index contributed by atoms with van der Waals surface area (Å²) in [6.07, 6.45) is 18.0. The molecule has 1 unspecified atom stereocenters. The summed E-state index contributed by atoms with van der Waals surface area (Å²) in [6.45, 7) is 2.23. The average molecular weight is 308 g/mol. The maximum atomic E-state index is 12.0.